The van der Waals surface area contributed by atoms with E-state index in [0.717, 1.165) is 31.6 Å². The molecule has 1 aromatic carbocycles. The van der Waals surface area contributed by atoms with Crippen LogP contribution in [0.25, 0.3) is 0 Å². The number of nitrogens with two attached hydrogens (primary N) is 1. The summed E-state index contributed by atoms with van der Waals surface area (Å²) < 4.78 is 5.18. The van der Waals surface area contributed by atoms with Gasteiger partial charge in [0.05, 0.1) is 7.11 Å². The van der Waals surface area contributed by atoms with Crippen LogP contribution in [-0.2, 0) is 11.3 Å². The van der Waals surface area contributed by atoms with Crippen LogP contribution in [0.2, 0.25) is 0 Å². The molecule has 4 nitrogen and oxygen atoms in total. The van der Waals surface area contributed by atoms with Crippen molar-refractivity contribution < 1.29 is 9.53 Å². The van der Waals surface area contributed by atoms with Crippen molar-refractivity contribution in [2.75, 3.05) is 7.11 Å². The smallest absolute Gasteiger partial charge is 0.238 e. The first-order chi connectivity index (χ1) is 10.0. The Morgan fingerprint density at radius 3 is 2.81 bits per heavy atom. The van der Waals surface area contributed by atoms with E-state index in [1.165, 1.54) is 5.56 Å². The topological polar surface area (TPSA) is 55.6 Å². The molecule has 0 aromatic heterocycles. The molecule has 2 saturated heterocycles. The molecule has 1 aromatic rings. The lowest BCUT2D eigenvalue weighted by molar-refractivity contribution is -0.132. The van der Waals surface area contributed by atoms with E-state index < -0.39 is 5.54 Å². The molecule has 3 unspecified atom stereocenters. The first-order valence-electron chi connectivity index (χ1n) is 7.39. The van der Waals surface area contributed by atoms with Crippen LogP contribution in [0.3, 0.4) is 0 Å². The lowest BCUT2D eigenvalue weighted by atomic mass is 9.86. The minimum atomic E-state index is -0.560. The number of hydrogen-bond donors (Lipinski definition) is 1. The summed E-state index contributed by atoms with van der Waals surface area (Å²) in [4.78, 5) is 14.4. The Bertz CT molecular complexity index is 534. The molecule has 2 N–H and O–H groups in total. The molecule has 0 saturated carbocycles. The fourth-order valence-electron chi connectivity index (χ4n) is 3.84. The van der Waals surface area contributed by atoms with Crippen LogP contribution in [0.15, 0.2) is 24.3 Å². The van der Waals surface area contributed by atoms with Gasteiger partial charge in [-0.3, -0.25) is 9.69 Å². The Morgan fingerprint density at radius 2 is 2.19 bits per heavy atom. The van der Waals surface area contributed by atoms with Crippen LogP contribution in [0.1, 0.15) is 31.2 Å². The zero-order chi connectivity index (χ0) is 15.0. The van der Waals surface area contributed by atoms with Gasteiger partial charge in [0.2, 0.25) is 5.91 Å². The molecule has 21 heavy (non-hydrogen) atoms. The van der Waals surface area contributed by atoms with Crippen molar-refractivity contribution in [1.29, 1.82) is 0 Å². The molecule has 2 bridgehead atoms. The molecular formula is C16H21ClN2O2. The van der Waals surface area contributed by atoms with E-state index in [-0.39, 0.29) is 11.3 Å². The number of benzene rings is 1. The standard InChI is InChI=1S/C16H21ClN2O2/c1-21-14-4-2-11(3-5-14)10-19-13-6-7-16(19,15(18)20)9-12(17)8-13/h2-5,12-13H,6-10H2,1H3,(H2,18,20). The zero-order valence-electron chi connectivity index (χ0n) is 12.2. The molecule has 3 atom stereocenters. The number of alkyl halides is 1. The summed E-state index contributed by atoms with van der Waals surface area (Å²) in [5.74, 6) is 0.606. The Labute approximate surface area is 130 Å². The number of nitrogens with zero attached hydrogens (tertiary/aromatic N) is 1. The molecule has 1 amide bonds. The Hall–Kier alpha value is -1.26. The average molecular weight is 309 g/mol. The molecule has 0 aliphatic carbocycles. The number of carbonyl (C=O) groups excluding carboxylic acids is 1. The highest BCUT2D eigenvalue weighted by Crippen LogP contribution is 2.46. The van der Waals surface area contributed by atoms with E-state index >= 15 is 0 Å². The fourth-order valence-corrected chi connectivity index (χ4v) is 4.30. The monoisotopic (exact) mass is 308 g/mol. The summed E-state index contributed by atoms with van der Waals surface area (Å²) in [6, 6.07) is 8.33. The van der Waals surface area contributed by atoms with Crippen molar-refractivity contribution in [1.82, 2.24) is 4.90 Å². The summed E-state index contributed by atoms with van der Waals surface area (Å²) in [7, 11) is 1.66. The minimum Gasteiger partial charge on any atom is -0.497 e. The van der Waals surface area contributed by atoms with E-state index in [1.807, 2.05) is 24.3 Å². The van der Waals surface area contributed by atoms with Crippen molar-refractivity contribution in [3.63, 3.8) is 0 Å². The van der Waals surface area contributed by atoms with E-state index in [0.29, 0.717) is 12.5 Å². The van der Waals surface area contributed by atoms with Gasteiger partial charge in [0.1, 0.15) is 11.3 Å². The predicted octanol–water partition coefficient (Wildman–Crippen LogP) is 2.28. The first-order valence-corrected chi connectivity index (χ1v) is 7.82. The summed E-state index contributed by atoms with van der Waals surface area (Å²) in [5, 5.41) is 0.0529. The van der Waals surface area contributed by atoms with E-state index in [9.17, 15) is 4.79 Å². The number of rotatable bonds is 4. The minimum absolute atomic E-state index is 0.0529. The van der Waals surface area contributed by atoms with E-state index in [2.05, 4.69) is 4.90 Å². The summed E-state index contributed by atoms with van der Waals surface area (Å²) in [6.45, 7) is 0.737. The number of ether oxygens (including phenoxy) is 1. The number of methoxy groups -OCH3 is 1. The number of hydrogen-bond acceptors (Lipinski definition) is 3. The maximum Gasteiger partial charge on any atom is 0.238 e. The SMILES string of the molecule is COc1ccc(CN2C3CCC2(C(N)=O)CC(Cl)C3)cc1. The number of fused-ring (bicyclic) bond motifs is 2. The van der Waals surface area contributed by atoms with Crippen LogP contribution in [0.4, 0.5) is 0 Å². The van der Waals surface area contributed by atoms with Crippen molar-refractivity contribution in [2.45, 2.75) is 49.2 Å². The maximum atomic E-state index is 12.1. The highest BCUT2D eigenvalue weighted by Gasteiger charge is 2.54. The molecule has 2 aliphatic rings. The van der Waals surface area contributed by atoms with Gasteiger partial charge in [-0.05, 0) is 43.4 Å². The van der Waals surface area contributed by atoms with Gasteiger partial charge in [-0.15, -0.1) is 11.6 Å². The largest absolute Gasteiger partial charge is 0.497 e. The molecule has 2 fully saturated rings. The highest BCUT2D eigenvalue weighted by molar-refractivity contribution is 6.21. The summed E-state index contributed by atoms with van der Waals surface area (Å²) in [5.41, 5.74) is 6.34. The number of halogens is 1. The Balaban J connectivity index is 1.84. The van der Waals surface area contributed by atoms with Crippen molar-refractivity contribution in [3.8, 4) is 5.75 Å². The van der Waals surface area contributed by atoms with Gasteiger partial charge < -0.3 is 10.5 Å². The molecular weight excluding hydrogens is 288 g/mol. The van der Waals surface area contributed by atoms with Gasteiger partial charge in [-0.1, -0.05) is 12.1 Å². The third-order valence-corrected chi connectivity index (χ3v) is 5.27. The third-order valence-electron chi connectivity index (χ3n) is 4.94. The lowest BCUT2D eigenvalue weighted by Gasteiger charge is -2.44. The third kappa shape index (κ3) is 2.51. The normalized spacial score (nSPS) is 32.1. The zero-order valence-corrected chi connectivity index (χ0v) is 13.0. The number of carbonyl (C=O) groups is 1. The van der Waals surface area contributed by atoms with Crippen LogP contribution >= 0.6 is 11.6 Å². The first kappa shape index (κ1) is 14.7. The van der Waals surface area contributed by atoms with Crippen molar-refractivity contribution in [3.05, 3.63) is 29.8 Å². The fraction of sp³-hybridized carbons (Fsp3) is 0.562. The molecule has 114 valence electrons. The Kier molecular flexibility index (Phi) is 3.84. The van der Waals surface area contributed by atoms with Gasteiger partial charge in [-0.2, -0.15) is 0 Å². The lowest BCUT2D eigenvalue weighted by Crippen LogP contribution is -2.59. The Morgan fingerprint density at radius 1 is 1.48 bits per heavy atom. The quantitative estimate of drug-likeness (QED) is 0.868. The van der Waals surface area contributed by atoms with Gasteiger partial charge in [0, 0.05) is 18.0 Å². The molecule has 0 spiro atoms. The van der Waals surface area contributed by atoms with Crippen LogP contribution in [0, 0.1) is 0 Å². The van der Waals surface area contributed by atoms with Gasteiger partial charge in [0.25, 0.3) is 0 Å². The molecule has 2 heterocycles. The van der Waals surface area contributed by atoms with Gasteiger partial charge in [0.15, 0.2) is 0 Å². The molecule has 0 radical (unpaired) electrons. The van der Waals surface area contributed by atoms with E-state index in [1.54, 1.807) is 7.11 Å². The second-order valence-electron chi connectivity index (χ2n) is 6.10. The molecule has 5 heteroatoms. The average Bonchev–Trinajstić information content (AvgIpc) is 2.69. The number of amides is 1. The summed E-state index contributed by atoms with van der Waals surface area (Å²) >= 11 is 6.34. The van der Waals surface area contributed by atoms with Crippen LogP contribution in [0.5, 0.6) is 5.75 Å². The van der Waals surface area contributed by atoms with Gasteiger partial charge >= 0.3 is 0 Å². The van der Waals surface area contributed by atoms with Crippen LogP contribution < -0.4 is 10.5 Å². The second kappa shape index (κ2) is 5.50. The second-order valence-corrected chi connectivity index (χ2v) is 6.72. The van der Waals surface area contributed by atoms with Crippen molar-refractivity contribution >= 4 is 17.5 Å². The van der Waals surface area contributed by atoms with Crippen LogP contribution in [-0.4, -0.2) is 34.9 Å². The van der Waals surface area contributed by atoms with Crippen molar-refractivity contribution in [2.24, 2.45) is 5.73 Å². The number of primary amides is 1. The molecule has 2 aliphatic heterocycles. The number of piperidine rings is 1. The predicted molar refractivity (Wildman–Crippen MR) is 82.4 cm³/mol. The molecule has 3 rings (SSSR count). The highest BCUT2D eigenvalue weighted by atomic mass is 35.5. The maximum absolute atomic E-state index is 12.1. The summed E-state index contributed by atoms with van der Waals surface area (Å²) in [6.07, 6.45) is 3.43. The van der Waals surface area contributed by atoms with E-state index in [4.69, 9.17) is 22.1 Å². The van der Waals surface area contributed by atoms with Gasteiger partial charge in [-0.25, -0.2) is 0 Å².